The van der Waals surface area contributed by atoms with Crippen molar-refractivity contribution in [3.63, 3.8) is 0 Å². The van der Waals surface area contributed by atoms with E-state index in [0.717, 1.165) is 24.8 Å². The van der Waals surface area contributed by atoms with Gasteiger partial charge in [-0.25, -0.2) is 4.79 Å². The Labute approximate surface area is 141 Å². The summed E-state index contributed by atoms with van der Waals surface area (Å²) in [6.45, 7) is 1.06. The zero-order valence-electron chi connectivity index (χ0n) is 13.0. The molecule has 0 bridgehead atoms. The third-order valence-electron chi connectivity index (χ3n) is 4.03. The topological polar surface area (TPSA) is 75.6 Å². The quantitative estimate of drug-likeness (QED) is 0.800. The first-order valence-electron chi connectivity index (χ1n) is 7.90. The number of rotatable bonds is 7. The third-order valence-corrected chi connectivity index (χ3v) is 4.28. The molecular weight excluding hydrogens is 318 g/mol. The highest BCUT2D eigenvalue weighted by Crippen LogP contribution is 2.18. The van der Waals surface area contributed by atoms with Gasteiger partial charge in [0.05, 0.1) is 6.61 Å². The normalized spacial score (nSPS) is 19.1. The Morgan fingerprint density at radius 3 is 2.70 bits per heavy atom. The number of nitrogens with one attached hydrogen (secondary N) is 1. The van der Waals surface area contributed by atoms with E-state index in [0.29, 0.717) is 31.1 Å². The van der Waals surface area contributed by atoms with Gasteiger partial charge in [-0.2, -0.15) is 0 Å². The summed E-state index contributed by atoms with van der Waals surface area (Å²) in [5, 5.41) is 12.6. The standard InChI is InChI=1S/C17H22ClNO4/c18-14-8-6-12(7-9-14)3-1-5-15(20)19-16(17(21)22)13-4-2-10-23-11-13/h6-9,13,16H,1-5,10-11H2,(H,19,20)(H,21,22). The number of aliphatic carboxylic acids is 1. The minimum Gasteiger partial charge on any atom is -0.480 e. The first-order valence-corrected chi connectivity index (χ1v) is 8.28. The number of carboxylic acids is 1. The third kappa shape index (κ3) is 5.84. The van der Waals surface area contributed by atoms with Crippen molar-refractivity contribution in [2.75, 3.05) is 13.2 Å². The number of carbonyl (C=O) groups excluding carboxylic acids is 1. The van der Waals surface area contributed by atoms with Gasteiger partial charge in [0.25, 0.3) is 0 Å². The fourth-order valence-electron chi connectivity index (χ4n) is 2.76. The molecule has 1 aromatic rings. The van der Waals surface area contributed by atoms with Crippen LogP contribution in [0.25, 0.3) is 0 Å². The fraction of sp³-hybridized carbons (Fsp3) is 0.529. The second-order valence-corrected chi connectivity index (χ2v) is 6.28. The summed E-state index contributed by atoms with van der Waals surface area (Å²) in [5.41, 5.74) is 1.11. The number of hydrogen-bond acceptors (Lipinski definition) is 3. The monoisotopic (exact) mass is 339 g/mol. The van der Waals surface area contributed by atoms with Crippen LogP contribution < -0.4 is 5.32 Å². The van der Waals surface area contributed by atoms with E-state index in [4.69, 9.17) is 16.3 Å². The largest absolute Gasteiger partial charge is 0.480 e. The van der Waals surface area contributed by atoms with Crippen molar-refractivity contribution in [3.05, 3.63) is 34.9 Å². The van der Waals surface area contributed by atoms with Crippen LogP contribution in [0.15, 0.2) is 24.3 Å². The first kappa shape index (κ1) is 17.8. The van der Waals surface area contributed by atoms with Crippen LogP contribution in [0, 0.1) is 5.92 Å². The van der Waals surface area contributed by atoms with Crippen molar-refractivity contribution >= 4 is 23.5 Å². The van der Waals surface area contributed by atoms with Crippen molar-refractivity contribution in [1.82, 2.24) is 5.32 Å². The van der Waals surface area contributed by atoms with Crippen LogP contribution in [0.1, 0.15) is 31.2 Å². The van der Waals surface area contributed by atoms with E-state index in [2.05, 4.69) is 5.32 Å². The van der Waals surface area contributed by atoms with Gasteiger partial charge < -0.3 is 15.2 Å². The lowest BCUT2D eigenvalue weighted by Crippen LogP contribution is -2.48. The lowest BCUT2D eigenvalue weighted by Gasteiger charge is -2.28. The Hall–Kier alpha value is -1.59. The van der Waals surface area contributed by atoms with Crippen LogP contribution in [0.4, 0.5) is 0 Å². The number of amides is 1. The van der Waals surface area contributed by atoms with E-state index >= 15 is 0 Å². The van der Waals surface area contributed by atoms with E-state index in [1.54, 1.807) is 0 Å². The average molecular weight is 340 g/mol. The molecule has 1 heterocycles. The van der Waals surface area contributed by atoms with Crippen molar-refractivity contribution in [2.24, 2.45) is 5.92 Å². The van der Waals surface area contributed by atoms with Crippen molar-refractivity contribution in [1.29, 1.82) is 0 Å². The second kappa shape index (κ2) is 8.89. The molecular formula is C17H22ClNO4. The summed E-state index contributed by atoms with van der Waals surface area (Å²) < 4.78 is 5.32. The minimum atomic E-state index is -0.994. The maximum absolute atomic E-state index is 12.0. The van der Waals surface area contributed by atoms with Crippen molar-refractivity contribution in [2.45, 2.75) is 38.1 Å². The predicted octanol–water partition coefficient (Wildman–Crippen LogP) is 2.66. The van der Waals surface area contributed by atoms with Gasteiger partial charge in [0, 0.05) is 24.0 Å². The van der Waals surface area contributed by atoms with E-state index in [-0.39, 0.29) is 11.8 Å². The Morgan fingerprint density at radius 1 is 1.35 bits per heavy atom. The van der Waals surface area contributed by atoms with Gasteiger partial charge in [0.15, 0.2) is 0 Å². The summed E-state index contributed by atoms with van der Waals surface area (Å²) in [6, 6.07) is 6.64. The maximum atomic E-state index is 12.0. The number of halogens is 1. The molecule has 2 atom stereocenters. The van der Waals surface area contributed by atoms with Crippen LogP contribution in [-0.2, 0) is 20.7 Å². The molecule has 2 rings (SSSR count). The molecule has 0 spiro atoms. The van der Waals surface area contributed by atoms with Crippen LogP contribution in [0.3, 0.4) is 0 Å². The molecule has 2 N–H and O–H groups in total. The van der Waals surface area contributed by atoms with Gasteiger partial charge in [-0.1, -0.05) is 23.7 Å². The van der Waals surface area contributed by atoms with Gasteiger partial charge in [0.2, 0.25) is 5.91 Å². The van der Waals surface area contributed by atoms with E-state index < -0.39 is 12.0 Å². The highest BCUT2D eigenvalue weighted by molar-refractivity contribution is 6.30. The molecule has 0 radical (unpaired) electrons. The van der Waals surface area contributed by atoms with E-state index in [1.165, 1.54) is 0 Å². The molecule has 0 saturated carbocycles. The Balaban J connectivity index is 1.77. The lowest BCUT2D eigenvalue weighted by molar-refractivity contribution is -0.145. The zero-order valence-corrected chi connectivity index (χ0v) is 13.7. The predicted molar refractivity (Wildman–Crippen MR) is 87.5 cm³/mol. The number of ether oxygens (including phenoxy) is 1. The van der Waals surface area contributed by atoms with Crippen LogP contribution in [0.2, 0.25) is 5.02 Å². The smallest absolute Gasteiger partial charge is 0.326 e. The van der Waals surface area contributed by atoms with Crippen LogP contribution in [-0.4, -0.2) is 36.2 Å². The first-order chi connectivity index (χ1) is 11.1. The molecule has 6 heteroatoms. The van der Waals surface area contributed by atoms with Crippen molar-refractivity contribution in [3.8, 4) is 0 Å². The molecule has 23 heavy (non-hydrogen) atoms. The summed E-state index contributed by atoms with van der Waals surface area (Å²) in [6.07, 6.45) is 3.33. The zero-order chi connectivity index (χ0) is 16.7. The van der Waals surface area contributed by atoms with Crippen molar-refractivity contribution < 1.29 is 19.4 Å². The maximum Gasteiger partial charge on any atom is 0.326 e. The van der Waals surface area contributed by atoms with Gasteiger partial charge in [0.1, 0.15) is 6.04 Å². The second-order valence-electron chi connectivity index (χ2n) is 5.84. The molecule has 2 unspecified atom stereocenters. The van der Waals surface area contributed by atoms with Gasteiger partial charge in [-0.3, -0.25) is 4.79 Å². The molecule has 1 aromatic carbocycles. The number of aryl methyl sites for hydroxylation is 1. The summed E-state index contributed by atoms with van der Waals surface area (Å²) >= 11 is 5.83. The van der Waals surface area contributed by atoms with Crippen LogP contribution in [0.5, 0.6) is 0 Å². The molecule has 0 aromatic heterocycles. The molecule has 126 valence electrons. The molecule has 5 nitrogen and oxygen atoms in total. The molecule has 1 fully saturated rings. The van der Waals surface area contributed by atoms with Crippen LogP contribution >= 0.6 is 11.6 Å². The van der Waals surface area contributed by atoms with Gasteiger partial charge in [-0.15, -0.1) is 0 Å². The summed E-state index contributed by atoms with van der Waals surface area (Å²) in [4.78, 5) is 23.4. The Morgan fingerprint density at radius 2 is 2.09 bits per heavy atom. The Kier molecular flexibility index (Phi) is 6.86. The number of hydrogen-bond donors (Lipinski definition) is 2. The fourth-order valence-corrected chi connectivity index (χ4v) is 2.89. The Bertz CT molecular complexity index is 526. The molecule has 1 saturated heterocycles. The lowest BCUT2D eigenvalue weighted by atomic mass is 9.93. The molecule has 0 aliphatic carbocycles. The van der Waals surface area contributed by atoms with Gasteiger partial charge in [-0.05, 0) is 43.4 Å². The summed E-state index contributed by atoms with van der Waals surface area (Å²) in [5.74, 6) is -1.37. The van der Waals surface area contributed by atoms with Gasteiger partial charge >= 0.3 is 5.97 Å². The highest BCUT2D eigenvalue weighted by Gasteiger charge is 2.31. The highest BCUT2D eigenvalue weighted by atomic mass is 35.5. The number of carboxylic acid groups (broad SMARTS) is 1. The molecule has 1 aliphatic heterocycles. The van der Waals surface area contributed by atoms with E-state index in [1.807, 2.05) is 24.3 Å². The number of benzene rings is 1. The molecule has 1 aliphatic rings. The van der Waals surface area contributed by atoms with E-state index in [9.17, 15) is 14.7 Å². The minimum absolute atomic E-state index is 0.151. The SMILES string of the molecule is O=C(CCCc1ccc(Cl)cc1)NC(C(=O)O)C1CCCOC1. The average Bonchev–Trinajstić information content (AvgIpc) is 2.55. The molecule has 1 amide bonds. The number of carbonyl (C=O) groups is 2. The summed E-state index contributed by atoms with van der Waals surface area (Å²) in [7, 11) is 0.